The fraction of sp³-hybridized carbons (Fsp3) is 0.267. The SMILES string of the molecule is Cc1ccsc1C(=O)N[C@@H]1c2ccccc2C[C@@H]1O. The summed E-state index contributed by atoms with van der Waals surface area (Å²) in [6.45, 7) is 1.92. The molecule has 1 aromatic carbocycles. The molecule has 0 saturated carbocycles. The van der Waals surface area contributed by atoms with Crippen LogP contribution in [0.4, 0.5) is 0 Å². The van der Waals surface area contributed by atoms with Crippen LogP contribution < -0.4 is 5.32 Å². The zero-order valence-corrected chi connectivity index (χ0v) is 11.4. The van der Waals surface area contributed by atoms with Crippen molar-refractivity contribution in [3.63, 3.8) is 0 Å². The molecule has 2 atom stereocenters. The number of aliphatic hydroxyl groups excluding tert-OH is 1. The molecule has 19 heavy (non-hydrogen) atoms. The molecule has 1 aliphatic rings. The number of rotatable bonds is 2. The second kappa shape index (κ2) is 4.79. The normalized spacial score (nSPS) is 21.2. The fourth-order valence-corrected chi connectivity index (χ4v) is 3.39. The molecule has 4 heteroatoms. The lowest BCUT2D eigenvalue weighted by molar-refractivity contribution is 0.0861. The molecule has 0 bridgehead atoms. The summed E-state index contributed by atoms with van der Waals surface area (Å²) in [7, 11) is 0. The number of fused-ring (bicyclic) bond motifs is 1. The van der Waals surface area contributed by atoms with Crippen LogP contribution >= 0.6 is 11.3 Å². The van der Waals surface area contributed by atoms with Gasteiger partial charge in [-0.1, -0.05) is 24.3 Å². The predicted octanol–water partition coefficient (Wildman–Crippen LogP) is 2.44. The number of carbonyl (C=O) groups is 1. The molecule has 0 saturated heterocycles. The van der Waals surface area contributed by atoms with Crippen molar-refractivity contribution >= 4 is 17.2 Å². The van der Waals surface area contributed by atoms with Crippen LogP contribution in [-0.2, 0) is 6.42 Å². The van der Waals surface area contributed by atoms with Gasteiger partial charge in [0, 0.05) is 6.42 Å². The summed E-state index contributed by atoms with van der Waals surface area (Å²) in [6, 6.07) is 9.49. The highest BCUT2D eigenvalue weighted by Crippen LogP contribution is 2.31. The second-order valence-corrected chi connectivity index (χ2v) is 5.77. The van der Waals surface area contributed by atoms with Crippen molar-refractivity contribution in [2.75, 3.05) is 0 Å². The Labute approximate surface area is 115 Å². The van der Waals surface area contributed by atoms with Gasteiger partial charge in [-0.05, 0) is 35.1 Å². The van der Waals surface area contributed by atoms with E-state index in [0.29, 0.717) is 6.42 Å². The molecule has 3 rings (SSSR count). The van der Waals surface area contributed by atoms with E-state index in [1.54, 1.807) is 0 Å². The van der Waals surface area contributed by atoms with Gasteiger partial charge in [-0.3, -0.25) is 4.79 Å². The molecule has 1 aromatic heterocycles. The first-order valence-electron chi connectivity index (χ1n) is 6.27. The van der Waals surface area contributed by atoms with E-state index < -0.39 is 6.10 Å². The molecule has 0 aliphatic heterocycles. The Morgan fingerprint density at radius 1 is 1.37 bits per heavy atom. The van der Waals surface area contributed by atoms with Crippen molar-refractivity contribution in [3.05, 3.63) is 57.3 Å². The minimum atomic E-state index is -0.540. The summed E-state index contributed by atoms with van der Waals surface area (Å²) in [6.07, 6.45) is 0.0616. The molecule has 1 aliphatic carbocycles. The predicted molar refractivity (Wildman–Crippen MR) is 75.4 cm³/mol. The lowest BCUT2D eigenvalue weighted by Gasteiger charge is -2.17. The van der Waals surface area contributed by atoms with Gasteiger partial charge in [-0.15, -0.1) is 11.3 Å². The third kappa shape index (κ3) is 2.17. The summed E-state index contributed by atoms with van der Waals surface area (Å²) in [5.41, 5.74) is 3.11. The maximum atomic E-state index is 12.2. The molecule has 2 aromatic rings. The van der Waals surface area contributed by atoms with Crippen molar-refractivity contribution in [1.82, 2.24) is 5.32 Å². The summed E-state index contributed by atoms with van der Waals surface area (Å²) in [5.74, 6) is -0.103. The van der Waals surface area contributed by atoms with Crippen LogP contribution in [0.25, 0.3) is 0 Å². The van der Waals surface area contributed by atoms with Crippen molar-refractivity contribution in [2.24, 2.45) is 0 Å². The molecule has 1 heterocycles. The van der Waals surface area contributed by atoms with Crippen molar-refractivity contribution in [2.45, 2.75) is 25.5 Å². The van der Waals surface area contributed by atoms with E-state index in [1.807, 2.05) is 42.6 Å². The number of aryl methyl sites for hydroxylation is 1. The standard InChI is InChI=1S/C15H15NO2S/c1-9-6-7-19-14(9)15(18)16-13-11-5-3-2-4-10(11)8-12(13)17/h2-7,12-13,17H,8H2,1H3,(H,16,18)/t12-,13+/m0/s1. The van der Waals surface area contributed by atoms with Crippen LogP contribution in [0, 0.1) is 6.92 Å². The lowest BCUT2D eigenvalue weighted by Crippen LogP contribution is -2.33. The first-order valence-corrected chi connectivity index (χ1v) is 7.15. The number of nitrogens with one attached hydrogen (secondary N) is 1. The Morgan fingerprint density at radius 3 is 2.89 bits per heavy atom. The van der Waals surface area contributed by atoms with Crippen LogP contribution in [-0.4, -0.2) is 17.1 Å². The van der Waals surface area contributed by atoms with Gasteiger partial charge in [0.05, 0.1) is 17.0 Å². The quantitative estimate of drug-likeness (QED) is 0.883. The Hall–Kier alpha value is -1.65. The summed E-state index contributed by atoms with van der Waals surface area (Å²) >= 11 is 1.43. The van der Waals surface area contributed by atoms with Crippen LogP contribution in [0.1, 0.15) is 32.4 Å². The van der Waals surface area contributed by atoms with Gasteiger partial charge < -0.3 is 10.4 Å². The number of amides is 1. The van der Waals surface area contributed by atoms with Crippen LogP contribution in [0.3, 0.4) is 0 Å². The third-order valence-electron chi connectivity index (χ3n) is 3.56. The number of aliphatic hydroxyl groups is 1. The van der Waals surface area contributed by atoms with E-state index >= 15 is 0 Å². The molecule has 2 N–H and O–H groups in total. The topological polar surface area (TPSA) is 49.3 Å². The minimum absolute atomic E-state index is 0.103. The third-order valence-corrected chi connectivity index (χ3v) is 4.57. The monoisotopic (exact) mass is 273 g/mol. The molecule has 0 spiro atoms. The largest absolute Gasteiger partial charge is 0.390 e. The maximum absolute atomic E-state index is 12.2. The van der Waals surface area contributed by atoms with Gasteiger partial charge in [0.25, 0.3) is 5.91 Å². The smallest absolute Gasteiger partial charge is 0.262 e. The fourth-order valence-electron chi connectivity index (χ4n) is 2.56. The van der Waals surface area contributed by atoms with Crippen molar-refractivity contribution < 1.29 is 9.90 Å². The Balaban J connectivity index is 1.84. The minimum Gasteiger partial charge on any atom is -0.390 e. The van der Waals surface area contributed by atoms with Crippen molar-refractivity contribution in [1.29, 1.82) is 0 Å². The lowest BCUT2D eigenvalue weighted by atomic mass is 10.1. The number of hydrogen-bond donors (Lipinski definition) is 2. The Bertz CT molecular complexity index is 620. The molecular formula is C15H15NO2S. The van der Waals surface area contributed by atoms with Gasteiger partial charge in [-0.2, -0.15) is 0 Å². The second-order valence-electron chi connectivity index (χ2n) is 4.85. The van der Waals surface area contributed by atoms with Crippen LogP contribution in [0.5, 0.6) is 0 Å². The molecule has 98 valence electrons. The maximum Gasteiger partial charge on any atom is 0.262 e. The summed E-state index contributed by atoms with van der Waals surface area (Å²) in [4.78, 5) is 12.9. The van der Waals surface area contributed by atoms with E-state index in [4.69, 9.17) is 0 Å². The average molecular weight is 273 g/mol. The summed E-state index contributed by atoms with van der Waals surface area (Å²) < 4.78 is 0. The zero-order valence-electron chi connectivity index (χ0n) is 10.6. The number of thiophene rings is 1. The number of hydrogen-bond acceptors (Lipinski definition) is 3. The highest BCUT2D eigenvalue weighted by Gasteiger charge is 2.32. The molecule has 0 unspecified atom stereocenters. The van der Waals surface area contributed by atoms with Gasteiger partial charge in [0.2, 0.25) is 0 Å². The molecule has 3 nitrogen and oxygen atoms in total. The highest BCUT2D eigenvalue weighted by atomic mass is 32.1. The number of benzene rings is 1. The molecule has 0 radical (unpaired) electrons. The molecular weight excluding hydrogens is 258 g/mol. The van der Waals surface area contributed by atoms with Gasteiger partial charge in [-0.25, -0.2) is 0 Å². The van der Waals surface area contributed by atoms with E-state index in [1.165, 1.54) is 11.3 Å². The molecule has 0 fully saturated rings. The van der Waals surface area contributed by atoms with E-state index in [-0.39, 0.29) is 11.9 Å². The Kier molecular flexibility index (Phi) is 3.12. The Morgan fingerprint density at radius 2 is 2.16 bits per heavy atom. The van der Waals surface area contributed by atoms with Crippen LogP contribution in [0.15, 0.2) is 35.7 Å². The van der Waals surface area contributed by atoms with Crippen molar-refractivity contribution in [3.8, 4) is 0 Å². The first-order chi connectivity index (χ1) is 9.16. The van der Waals surface area contributed by atoms with Gasteiger partial charge in [0.15, 0.2) is 0 Å². The average Bonchev–Trinajstić information content (AvgIpc) is 2.94. The zero-order chi connectivity index (χ0) is 13.4. The van der Waals surface area contributed by atoms with E-state index in [9.17, 15) is 9.90 Å². The summed E-state index contributed by atoms with van der Waals surface area (Å²) in [5, 5.41) is 15.0. The van der Waals surface area contributed by atoms with E-state index in [2.05, 4.69) is 5.32 Å². The van der Waals surface area contributed by atoms with Gasteiger partial charge in [0.1, 0.15) is 0 Å². The highest BCUT2D eigenvalue weighted by molar-refractivity contribution is 7.12. The number of carbonyl (C=O) groups excluding carboxylic acids is 1. The van der Waals surface area contributed by atoms with Crippen LogP contribution in [0.2, 0.25) is 0 Å². The first kappa shape index (κ1) is 12.4. The molecule has 1 amide bonds. The van der Waals surface area contributed by atoms with E-state index in [0.717, 1.165) is 21.6 Å². The van der Waals surface area contributed by atoms with Gasteiger partial charge >= 0.3 is 0 Å².